The molecule has 0 amide bonds. The number of aromatic nitrogens is 3. The van der Waals surface area contributed by atoms with Gasteiger partial charge in [0.05, 0.1) is 11.1 Å². The summed E-state index contributed by atoms with van der Waals surface area (Å²) in [5.74, 6) is 0. The molecule has 0 aliphatic heterocycles. The van der Waals surface area contributed by atoms with Crippen LogP contribution in [0.5, 0.6) is 0 Å². The molecule has 0 N–H and O–H groups in total. The van der Waals surface area contributed by atoms with E-state index in [0.717, 1.165) is 21.0 Å². The molecule has 2 aromatic rings. The number of thiazole rings is 1. The Morgan fingerprint density at radius 3 is 2.79 bits per heavy atom. The molecule has 0 unspecified atom stereocenters. The second-order valence-corrected chi connectivity index (χ2v) is 4.24. The lowest BCUT2D eigenvalue weighted by atomic mass is 10.3. The molecule has 3 nitrogen and oxygen atoms in total. The van der Waals surface area contributed by atoms with Crippen molar-refractivity contribution in [3.05, 3.63) is 30.2 Å². The monoisotopic (exact) mass is 205 g/mol. The summed E-state index contributed by atoms with van der Waals surface area (Å²) < 4.78 is 1.79. The standard InChI is InChI=1S/C10H11N3S/c1-7(2)10-11-5-9(14-10)8-4-12-13(3)6-8/h4-6H,1H2,2-3H3. The van der Waals surface area contributed by atoms with Gasteiger partial charge in [0, 0.05) is 25.0 Å². The summed E-state index contributed by atoms with van der Waals surface area (Å²) in [5, 5.41) is 5.11. The molecular weight excluding hydrogens is 194 g/mol. The fourth-order valence-electron chi connectivity index (χ4n) is 1.15. The molecule has 72 valence electrons. The Bertz CT molecular complexity index is 467. The van der Waals surface area contributed by atoms with E-state index in [2.05, 4.69) is 16.7 Å². The van der Waals surface area contributed by atoms with Gasteiger partial charge in [-0.3, -0.25) is 4.68 Å². The van der Waals surface area contributed by atoms with Crippen LogP contribution in [0, 0.1) is 0 Å². The first-order valence-electron chi connectivity index (χ1n) is 4.27. The molecule has 14 heavy (non-hydrogen) atoms. The van der Waals surface area contributed by atoms with Gasteiger partial charge in [-0.1, -0.05) is 6.58 Å². The Morgan fingerprint density at radius 1 is 1.50 bits per heavy atom. The first-order chi connectivity index (χ1) is 6.66. The van der Waals surface area contributed by atoms with Crippen molar-refractivity contribution in [1.29, 1.82) is 0 Å². The highest BCUT2D eigenvalue weighted by atomic mass is 32.1. The second-order valence-electron chi connectivity index (χ2n) is 3.21. The first-order valence-corrected chi connectivity index (χ1v) is 5.09. The summed E-state index contributed by atoms with van der Waals surface area (Å²) in [6.07, 6.45) is 5.69. The number of allylic oxidation sites excluding steroid dienone is 1. The number of hydrogen-bond acceptors (Lipinski definition) is 3. The van der Waals surface area contributed by atoms with Gasteiger partial charge in [0.25, 0.3) is 0 Å². The van der Waals surface area contributed by atoms with Gasteiger partial charge >= 0.3 is 0 Å². The average Bonchev–Trinajstić information content (AvgIpc) is 2.70. The minimum atomic E-state index is 0.990. The quantitative estimate of drug-likeness (QED) is 0.754. The van der Waals surface area contributed by atoms with Crippen molar-refractivity contribution in [2.75, 3.05) is 0 Å². The Balaban J connectivity index is 2.38. The van der Waals surface area contributed by atoms with E-state index in [1.54, 1.807) is 16.0 Å². The molecule has 0 atom stereocenters. The summed E-state index contributed by atoms with van der Waals surface area (Å²) in [5.41, 5.74) is 2.11. The molecule has 2 aromatic heterocycles. The zero-order valence-electron chi connectivity index (χ0n) is 8.19. The Morgan fingerprint density at radius 2 is 2.29 bits per heavy atom. The first kappa shape index (κ1) is 9.15. The SMILES string of the molecule is C=C(C)c1ncc(-c2cnn(C)c2)s1. The van der Waals surface area contributed by atoms with Gasteiger partial charge in [0.2, 0.25) is 0 Å². The third-order valence-electron chi connectivity index (χ3n) is 1.86. The fourth-order valence-corrected chi connectivity index (χ4v) is 1.97. The maximum absolute atomic E-state index is 4.28. The highest BCUT2D eigenvalue weighted by Gasteiger charge is 2.05. The van der Waals surface area contributed by atoms with Crippen LogP contribution in [0.1, 0.15) is 11.9 Å². The van der Waals surface area contributed by atoms with Crippen molar-refractivity contribution in [2.24, 2.45) is 7.05 Å². The van der Waals surface area contributed by atoms with Crippen LogP contribution in [0.2, 0.25) is 0 Å². The minimum Gasteiger partial charge on any atom is -0.275 e. The van der Waals surface area contributed by atoms with Crippen LogP contribution in [0.15, 0.2) is 25.2 Å². The van der Waals surface area contributed by atoms with Crippen LogP contribution >= 0.6 is 11.3 Å². The topological polar surface area (TPSA) is 30.7 Å². The molecule has 2 heterocycles. The molecule has 0 aliphatic rings. The van der Waals surface area contributed by atoms with Crippen LogP contribution in [0.25, 0.3) is 16.0 Å². The number of aryl methyl sites for hydroxylation is 1. The van der Waals surface area contributed by atoms with Gasteiger partial charge in [-0.2, -0.15) is 5.10 Å². The molecule has 0 spiro atoms. The minimum absolute atomic E-state index is 0.990. The van der Waals surface area contributed by atoms with Gasteiger partial charge < -0.3 is 0 Å². The van der Waals surface area contributed by atoms with E-state index in [1.165, 1.54) is 0 Å². The molecule has 2 rings (SSSR count). The lowest BCUT2D eigenvalue weighted by molar-refractivity contribution is 0.768. The van der Waals surface area contributed by atoms with Gasteiger partial charge in [0.15, 0.2) is 0 Å². The Kier molecular flexibility index (Phi) is 2.21. The van der Waals surface area contributed by atoms with Crippen LogP contribution in [0.3, 0.4) is 0 Å². The molecule has 0 aromatic carbocycles. The summed E-state index contributed by atoms with van der Waals surface area (Å²) in [4.78, 5) is 5.42. The average molecular weight is 205 g/mol. The van der Waals surface area contributed by atoms with E-state index in [9.17, 15) is 0 Å². The van der Waals surface area contributed by atoms with Crippen LogP contribution in [0.4, 0.5) is 0 Å². The highest BCUT2D eigenvalue weighted by Crippen LogP contribution is 2.28. The predicted octanol–water partition coefficient (Wildman–Crippen LogP) is 2.58. The van der Waals surface area contributed by atoms with Crippen LogP contribution in [-0.4, -0.2) is 14.8 Å². The predicted molar refractivity (Wildman–Crippen MR) is 59.0 cm³/mol. The Labute approximate surface area is 86.7 Å². The normalized spacial score (nSPS) is 10.4. The molecule has 0 saturated heterocycles. The van der Waals surface area contributed by atoms with E-state index in [0.29, 0.717) is 0 Å². The third-order valence-corrected chi connectivity index (χ3v) is 3.07. The highest BCUT2D eigenvalue weighted by molar-refractivity contribution is 7.16. The van der Waals surface area contributed by atoms with Gasteiger partial charge in [-0.15, -0.1) is 11.3 Å². The van der Waals surface area contributed by atoms with E-state index < -0.39 is 0 Å². The lowest BCUT2D eigenvalue weighted by Crippen LogP contribution is -1.83. The summed E-state index contributed by atoms with van der Waals surface area (Å²) in [6, 6.07) is 0. The van der Waals surface area contributed by atoms with E-state index >= 15 is 0 Å². The van der Waals surface area contributed by atoms with Crippen molar-refractivity contribution in [1.82, 2.24) is 14.8 Å². The second kappa shape index (κ2) is 3.38. The van der Waals surface area contributed by atoms with Crippen LogP contribution < -0.4 is 0 Å². The number of rotatable bonds is 2. The van der Waals surface area contributed by atoms with Crippen molar-refractivity contribution in [3.63, 3.8) is 0 Å². The van der Waals surface area contributed by atoms with E-state index in [4.69, 9.17) is 0 Å². The third kappa shape index (κ3) is 1.61. The smallest absolute Gasteiger partial charge is 0.118 e. The maximum Gasteiger partial charge on any atom is 0.118 e. The zero-order chi connectivity index (χ0) is 10.1. The van der Waals surface area contributed by atoms with Gasteiger partial charge in [0.1, 0.15) is 5.01 Å². The number of nitrogens with zero attached hydrogens (tertiary/aromatic N) is 3. The van der Waals surface area contributed by atoms with Crippen LogP contribution in [-0.2, 0) is 7.05 Å². The van der Waals surface area contributed by atoms with Crippen molar-refractivity contribution < 1.29 is 0 Å². The molecule has 4 heteroatoms. The Hall–Kier alpha value is -1.42. The summed E-state index contributed by atoms with van der Waals surface area (Å²) >= 11 is 1.64. The van der Waals surface area contributed by atoms with E-state index in [1.807, 2.05) is 32.6 Å². The van der Waals surface area contributed by atoms with Gasteiger partial charge in [-0.25, -0.2) is 4.98 Å². The zero-order valence-corrected chi connectivity index (χ0v) is 9.01. The maximum atomic E-state index is 4.28. The molecule has 0 radical (unpaired) electrons. The largest absolute Gasteiger partial charge is 0.275 e. The van der Waals surface area contributed by atoms with Crippen molar-refractivity contribution in [3.8, 4) is 10.4 Å². The summed E-state index contributed by atoms with van der Waals surface area (Å²) in [7, 11) is 1.91. The molecule has 0 fully saturated rings. The van der Waals surface area contributed by atoms with Crippen molar-refractivity contribution >= 4 is 16.9 Å². The molecule has 0 saturated carbocycles. The van der Waals surface area contributed by atoms with Crippen molar-refractivity contribution in [2.45, 2.75) is 6.92 Å². The lowest BCUT2D eigenvalue weighted by Gasteiger charge is -1.88. The van der Waals surface area contributed by atoms with Gasteiger partial charge in [-0.05, 0) is 12.5 Å². The number of hydrogen-bond donors (Lipinski definition) is 0. The molecule has 0 bridgehead atoms. The molecular formula is C10H11N3S. The summed E-state index contributed by atoms with van der Waals surface area (Å²) in [6.45, 7) is 5.83. The molecule has 0 aliphatic carbocycles. The van der Waals surface area contributed by atoms with E-state index in [-0.39, 0.29) is 0 Å². The fraction of sp³-hybridized carbons (Fsp3) is 0.200.